The van der Waals surface area contributed by atoms with Gasteiger partial charge in [0, 0.05) is 29.0 Å². The van der Waals surface area contributed by atoms with Gasteiger partial charge in [-0.3, -0.25) is 9.59 Å². The van der Waals surface area contributed by atoms with Crippen LogP contribution in [0.25, 0.3) is 0 Å². The average molecular weight is 307 g/mol. The lowest BCUT2D eigenvalue weighted by molar-refractivity contribution is -0.137. The second-order valence-corrected chi connectivity index (χ2v) is 7.02. The molecule has 0 bridgehead atoms. The number of unbranched alkanes of at least 4 members (excludes halogenated alkanes) is 1. The Hall–Kier alpha value is -1.49. The Morgan fingerprint density at radius 3 is 2.43 bits per heavy atom. The van der Waals surface area contributed by atoms with E-state index in [4.69, 9.17) is 5.11 Å². The maximum atomic E-state index is 11.7. The number of carboxylic acid groups (broad SMARTS) is 1. The number of benzene rings is 1. The third-order valence-corrected chi connectivity index (χ3v) is 5.03. The first kappa shape index (κ1) is 15.9. The van der Waals surface area contributed by atoms with E-state index in [0.717, 1.165) is 12.8 Å². The Kier molecular flexibility index (Phi) is 5.67. The van der Waals surface area contributed by atoms with Crippen LogP contribution in [0.15, 0.2) is 35.2 Å². The van der Waals surface area contributed by atoms with Gasteiger partial charge in [0.05, 0.1) is 0 Å². The van der Waals surface area contributed by atoms with Gasteiger partial charge in [-0.15, -0.1) is 11.8 Å². The zero-order valence-electron chi connectivity index (χ0n) is 12.0. The summed E-state index contributed by atoms with van der Waals surface area (Å²) in [4.78, 5) is 23.4. The fraction of sp³-hybridized carbons (Fsp3) is 0.500. The minimum absolute atomic E-state index is 0.0281. The van der Waals surface area contributed by atoms with Crippen molar-refractivity contribution in [1.82, 2.24) is 5.32 Å². The van der Waals surface area contributed by atoms with Crippen molar-refractivity contribution in [2.75, 3.05) is 6.54 Å². The third kappa shape index (κ3) is 5.79. The van der Waals surface area contributed by atoms with Crippen molar-refractivity contribution in [2.45, 2.75) is 48.2 Å². The van der Waals surface area contributed by atoms with Gasteiger partial charge in [-0.2, -0.15) is 0 Å². The molecule has 0 heterocycles. The number of hydrogen-bond acceptors (Lipinski definition) is 3. The molecule has 5 heteroatoms. The zero-order chi connectivity index (χ0) is 15.1. The molecule has 1 aliphatic carbocycles. The number of amides is 1. The lowest BCUT2D eigenvalue weighted by atomic mass is 10.2. The lowest BCUT2D eigenvalue weighted by Crippen LogP contribution is -2.31. The number of carboxylic acids is 1. The molecular formula is C16H21NO3S. The van der Waals surface area contributed by atoms with Gasteiger partial charge in [-0.25, -0.2) is 0 Å². The molecule has 1 aromatic carbocycles. The van der Waals surface area contributed by atoms with Gasteiger partial charge in [0.15, 0.2) is 0 Å². The van der Waals surface area contributed by atoms with Gasteiger partial charge < -0.3 is 10.4 Å². The molecule has 21 heavy (non-hydrogen) atoms. The van der Waals surface area contributed by atoms with Crippen LogP contribution in [0.5, 0.6) is 0 Å². The zero-order valence-corrected chi connectivity index (χ0v) is 12.8. The van der Waals surface area contributed by atoms with E-state index >= 15 is 0 Å². The van der Waals surface area contributed by atoms with Crippen LogP contribution in [-0.4, -0.2) is 28.3 Å². The molecule has 1 fully saturated rings. The van der Waals surface area contributed by atoms with Crippen LogP contribution < -0.4 is 5.32 Å². The topological polar surface area (TPSA) is 66.4 Å². The molecule has 1 amide bonds. The van der Waals surface area contributed by atoms with E-state index in [1.54, 1.807) is 0 Å². The van der Waals surface area contributed by atoms with Crippen molar-refractivity contribution in [1.29, 1.82) is 0 Å². The molecule has 0 atom stereocenters. The van der Waals surface area contributed by atoms with Crippen LogP contribution in [0.1, 0.15) is 38.5 Å². The maximum Gasteiger partial charge on any atom is 0.303 e. The monoisotopic (exact) mass is 307 g/mol. The highest BCUT2D eigenvalue weighted by Crippen LogP contribution is 2.51. The smallest absolute Gasteiger partial charge is 0.303 e. The van der Waals surface area contributed by atoms with Crippen molar-refractivity contribution in [3.63, 3.8) is 0 Å². The first-order chi connectivity index (χ1) is 10.1. The van der Waals surface area contributed by atoms with Crippen molar-refractivity contribution < 1.29 is 14.7 Å². The van der Waals surface area contributed by atoms with Gasteiger partial charge in [0.1, 0.15) is 0 Å². The van der Waals surface area contributed by atoms with Crippen molar-refractivity contribution in [3.05, 3.63) is 30.3 Å². The minimum Gasteiger partial charge on any atom is -0.481 e. The molecule has 1 aromatic rings. The largest absolute Gasteiger partial charge is 0.481 e. The number of hydrogen-bond donors (Lipinski definition) is 2. The number of aliphatic carboxylic acids is 1. The Bertz CT molecular complexity index is 486. The Balaban J connectivity index is 1.65. The normalized spacial score (nSPS) is 15.4. The predicted molar refractivity (Wildman–Crippen MR) is 83.4 cm³/mol. The first-order valence-corrected chi connectivity index (χ1v) is 8.14. The molecule has 1 saturated carbocycles. The number of rotatable bonds is 9. The summed E-state index contributed by atoms with van der Waals surface area (Å²) in [5.74, 6) is -0.771. The van der Waals surface area contributed by atoms with Crippen molar-refractivity contribution in [2.24, 2.45) is 0 Å². The molecular weight excluding hydrogens is 286 g/mol. The summed E-state index contributed by atoms with van der Waals surface area (Å²) in [6.45, 7) is 0.699. The fourth-order valence-electron chi connectivity index (χ4n) is 2.10. The summed E-state index contributed by atoms with van der Waals surface area (Å²) in [5.41, 5.74) is 0. The molecule has 2 rings (SSSR count). The summed E-state index contributed by atoms with van der Waals surface area (Å²) in [5, 5.41) is 11.5. The van der Waals surface area contributed by atoms with Crippen LogP contribution in [0.3, 0.4) is 0 Å². The van der Waals surface area contributed by atoms with E-state index in [2.05, 4.69) is 17.4 Å². The third-order valence-electron chi connectivity index (χ3n) is 3.54. The molecule has 0 spiro atoms. The Morgan fingerprint density at radius 2 is 1.81 bits per heavy atom. The van der Waals surface area contributed by atoms with Gasteiger partial charge in [0.2, 0.25) is 5.91 Å². The average Bonchev–Trinajstić information content (AvgIpc) is 3.22. The maximum absolute atomic E-state index is 11.7. The van der Waals surface area contributed by atoms with E-state index in [1.807, 2.05) is 30.0 Å². The molecule has 0 aliphatic heterocycles. The van der Waals surface area contributed by atoms with Crippen LogP contribution in [-0.2, 0) is 9.59 Å². The van der Waals surface area contributed by atoms with Gasteiger partial charge in [-0.1, -0.05) is 18.2 Å². The van der Waals surface area contributed by atoms with Crippen LogP contribution in [0.2, 0.25) is 0 Å². The van der Waals surface area contributed by atoms with E-state index < -0.39 is 5.97 Å². The van der Waals surface area contributed by atoms with Gasteiger partial charge >= 0.3 is 5.97 Å². The quantitative estimate of drug-likeness (QED) is 0.688. The van der Waals surface area contributed by atoms with E-state index in [-0.39, 0.29) is 17.1 Å². The van der Waals surface area contributed by atoms with E-state index in [9.17, 15) is 9.59 Å². The first-order valence-electron chi connectivity index (χ1n) is 7.32. The predicted octanol–water partition coefficient (Wildman–Crippen LogP) is 3.07. The standard InChI is InChI=1S/C16H21NO3S/c18-14(8-4-5-9-15(19)20)17-12-16(10-11-16)21-13-6-2-1-3-7-13/h1-3,6-7H,4-5,8-12H2,(H,17,18)(H,19,20). The highest BCUT2D eigenvalue weighted by molar-refractivity contribution is 8.01. The van der Waals surface area contributed by atoms with Crippen molar-refractivity contribution >= 4 is 23.6 Å². The molecule has 2 N–H and O–H groups in total. The number of nitrogens with one attached hydrogen (secondary N) is 1. The second-order valence-electron chi connectivity index (χ2n) is 5.48. The SMILES string of the molecule is O=C(O)CCCCC(=O)NCC1(Sc2ccccc2)CC1. The van der Waals surface area contributed by atoms with Crippen molar-refractivity contribution in [3.8, 4) is 0 Å². The summed E-state index contributed by atoms with van der Waals surface area (Å²) in [6.07, 6.45) is 4.02. The molecule has 0 unspecified atom stereocenters. The molecule has 0 radical (unpaired) electrons. The van der Waals surface area contributed by atoms with Gasteiger partial charge in [-0.05, 0) is 37.8 Å². The number of thioether (sulfide) groups is 1. The molecule has 0 aromatic heterocycles. The van der Waals surface area contributed by atoms with Crippen LogP contribution >= 0.6 is 11.8 Å². The summed E-state index contributed by atoms with van der Waals surface area (Å²) < 4.78 is 0.165. The summed E-state index contributed by atoms with van der Waals surface area (Å²) >= 11 is 1.84. The molecule has 114 valence electrons. The Morgan fingerprint density at radius 1 is 1.14 bits per heavy atom. The highest BCUT2D eigenvalue weighted by atomic mass is 32.2. The molecule has 0 saturated heterocycles. The minimum atomic E-state index is -0.799. The van der Waals surface area contributed by atoms with Crippen LogP contribution in [0, 0.1) is 0 Å². The van der Waals surface area contributed by atoms with E-state index in [0.29, 0.717) is 25.8 Å². The van der Waals surface area contributed by atoms with Crippen LogP contribution in [0.4, 0.5) is 0 Å². The number of carbonyl (C=O) groups excluding carboxylic acids is 1. The summed E-state index contributed by atoms with van der Waals surface area (Å²) in [6, 6.07) is 10.2. The second kappa shape index (κ2) is 7.50. The fourth-order valence-corrected chi connectivity index (χ4v) is 3.35. The lowest BCUT2D eigenvalue weighted by Gasteiger charge is -2.15. The molecule has 4 nitrogen and oxygen atoms in total. The Labute approximate surface area is 129 Å². The molecule has 1 aliphatic rings. The summed E-state index contributed by atoms with van der Waals surface area (Å²) in [7, 11) is 0. The van der Waals surface area contributed by atoms with Gasteiger partial charge in [0.25, 0.3) is 0 Å². The number of carbonyl (C=O) groups is 2. The highest BCUT2D eigenvalue weighted by Gasteiger charge is 2.43. The van der Waals surface area contributed by atoms with E-state index in [1.165, 1.54) is 4.90 Å².